The molecule has 1 aliphatic heterocycles. The van der Waals surface area contributed by atoms with E-state index in [0.717, 1.165) is 5.56 Å². The van der Waals surface area contributed by atoms with Crippen LogP contribution in [0.25, 0.3) is 0 Å². The summed E-state index contributed by atoms with van der Waals surface area (Å²) in [6.07, 6.45) is 0.821. The fourth-order valence-corrected chi connectivity index (χ4v) is 4.35. The first-order valence-electron chi connectivity index (χ1n) is 12.0. The van der Waals surface area contributed by atoms with Crippen molar-refractivity contribution >= 4 is 43.3 Å². The number of carbonyl (C=O) groups excluding carboxylic acids is 2. The van der Waals surface area contributed by atoms with Crippen LogP contribution in [0.4, 0.5) is 21.0 Å². The lowest BCUT2D eigenvalue weighted by atomic mass is 9.98. The number of alkyl carbamates (subject to hydrolysis) is 1. The number of nitrogens with one attached hydrogen (secondary N) is 3. The zero-order chi connectivity index (χ0) is 28.1. The number of hydrogen-bond donors (Lipinski definition) is 3. The number of aromatic nitrogens is 1. The molecule has 208 valence electrons. The van der Waals surface area contributed by atoms with Crippen LogP contribution < -0.4 is 20.7 Å². The van der Waals surface area contributed by atoms with E-state index < -0.39 is 38.5 Å². The SMILES string of the molecule is CC(C)(C)OC(=O)Nc1cnc2c(c1)NC[C@H](CNC(=O)OC(C)(C)CCc1cccc(S(=O)(=O)Cl)c1)O2. The van der Waals surface area contributed by atoms with Crippen LogP contribution in [-0.2, 0) is 24.9 Å². The van der Waals surface area contributed by atoms with Gasteiger partial charge in [0.05, 0.1) is 35.6 Å². The lowest BCUT2D eigenvalue weighted by molar-refractivity contribution is 0.0310. The predicted molar refractivity (Wildman–Crippen MR) is 143 cm³/mol. The molecule has 2 aromatic rings. The zero-order valence-corrected chi connectivity index (χ0v) is 23.5. The van der Waals surface area contributed by atoms with Gasteiger partial charge in [-0.1, -0.05) is 12.1 Å². The Morgan fingerprint density at radius 1 is 1.16 bits per heavy atom. The maximum Gasteiger partial charge on any atom is 0.412 e. The van der Waals surface area contributed by atoms with Crippen LogP contribution in [0.15, 0.2) is 41.4 Å². The Kier molecular flexibility index (Phi) is 8.98. The minimum Gasteiger partial charge on any atom is -0.469 e. The molecule has 0 aliphatic carbocycles. The number of anilines is 2. The van der Waals surface area contributed by atoms with Crippen LogP contribution in [0.1, 0.15) is 46.6 Å². The van der Waals surface area contributed by atoms with Crippen molar-refractivity contribution in [3.63, 3.8) is 0 Å². The number of fused-ring (bicyclic) bond motifs is 1. The molecule has 3 rings (SSSR count). The molecular formula is C25H33ClN4O7S. The quantitative estimate of drug-likeness (QED) is 0.387. The van der Waals surface area contributed by atoms with Crippen LogP contribution in [0.3, 0.4) is 0 Å². The van der Waals surface area contributed by atoms with Gasteiger partial charge in [-0.05, 0) is 71.2 Å². The summed E-state index contributed by atoms with van der Waals surface area (Å²) < 4.78 is 39.7. The summed E-state index contributed by atoms with van der Waals surface area (Å²) in [5.41, 5.74) is 0.390. The third-order valence-electron chi connectivity index (χ3n) is 5.33. The fraction of sp³-hybridized carbons (Fsp3) is 0.480. The monoisotopic (exact) mass is 568 g/mol. The number of nitrogens with zero attached hydrogens (tertiary/aromatic N) is 1. The molecule has 0 unspecified atom stereocenters. The van der Waals surface area contributed by atoms with Gasteiger partial charge in [-0.2, -0.15) is 0 Å². The van der Waals surface area contributed by atoms with Gasteiger partial charge >= 0.3 is 12.2 Å². The van der Waals surface area contributed by atoms with E-state index in [-0.39, 0.29) is 11.4 Å². The molecule has 13 heteroatoms. The van der Waals surface area contributed by atoms with Gasteiger partial charge in [0.15, 0.2) is 0 Å². The van der Waals surface area contributed by atoms with Gasteiger partial charge in [-0.25, -0.2) is 23.0 Å². The Morgan fingerprint density at radius 3 is 2.58 bits per heavy atom. The average Bonchev–Trinajstić information content (AvgIpc) is 2.79. The molecule has 2 amide bonds. The summed E-state index contributed by atoms with van der Waals surface area (Å²) in [5, 5.41) is 8.50. The molecule has 0 fully saturated rings. The largest absolute Gasteiger partial charge is 0.469 e. The summed E-state index contributed by atoms with van der Waals surface area (Å²) in [5.74, 6) is 0.340. The van der Waals surface area contributed by atoms with Crippen molar-refractivity contribution in [2.75, 3.05) is 23.7 Å². The molecule has 1 aromatic carbocycles. The smallest absolute Gasteiger partial charge is 0.412 e. The highest BCUT2D eigenvalue weighted by atomic mass is 35.7. The fourth-order valence-electron chi connectivity index (χ4n) is 3.53. The Bertz CT molecular complexity index is 1280. The van der Waals surface area contributed by atoms with Gasteiger partial charge in [0.2, 0.25) is 5.88 Å². The zero-order valence-electron chi connectivity index (χ0n) is 22.0. The third kappa shape index (κ3) is 9.25. The maximum atomic E-state index is 12.4. The second-order valence-electron chi connectivity index (χ2n) is 10.4. The van der Waals surface area contributed by atoms with Gasteiger partial charge in [-0.3, -0.25) is 5.32 Å². The molecule has 0 saturated carbocycles. The molecule has 0 bridgehead atoms. The third-order valence-corrected chi connectivity index (χ3v) is 6.69. The number of halogens is 1. The minimum absolute atomic E-state index is 0.0285. The number of carbonyl (C=O) groups is 2. The van der Waals surface area contributed by atoms with E-state index in [1.54, 1.807) is 52.8 Å². The van der Waals surface area contributed by atoms with Crippen LogP contribution >= 0.6 is 10.7 Å². The molecule has 1 aromatic heterocycles. The van der Waals surface area contributed by atoms with E-state index in [2.05, 4.69) is 20.9 Å². The van der Waals surface area contributed by atoms with E-state index in [1.807, 2.05) is 0 Å². The highest BCUT2D eigenvalue weighted by Crippen LogP contribution is 2.29. The van der Waals surface area contributed by atoms with Crippen LogP contribution in [0.5, 0.6) is 5.88 Å². The Morgan fingerprint density at radius 2 is 1.89 bits per heavy atom. The van der Waals surface area contributed by atoms with Crippen LogP contribution in [-0.4, -0.2) is 56.0 Å². The second kappa shape index (κ2) is 11.6. The molecule has 2 heterocycles. The Hall–Kier alpha value is -3.25. The van der Waals surface area contributed by atoms with Crippen molar-refractivity contribution in [3.05, 3.63) is 42.1 Å². The number of hydrogen-bond acceptors (Lipinski definition) is 9. The number of benzene rings is 1. The molecule has 38 heavy (non-hydrogen) atoms. The van der Waals surface area contributed by atoms with Crippen molar-refractivity contribution in [2.24, 2.45) is 0 Å². The number of aryl methyl sites for hydroxylation is 1. The summed E-state index contributed by atoms with van der Waals surface area (Å²) in [6.45, 7) is 9.45. The van der Waals surface area contributed by atoms with Gasteiger partial charge in [0, 0.05) is 10.7 Å². The van der Waals surface area contributed by atoms with E-state index >= 15 is 0 Å². The van der Waals surface area contributed by atoms with E-state index in [0.29, 0.717) is 36.6 Å². The van der Waals surface area contributed by atoms with Crippen molar-refractivity contribution in [3.8, 4) is 5.88 Å². The molecule has 11 nitrogen and oxygen atoms in total. The van der Waals surface area contributed by atoms with Crippen molar-refractivity contribution in [2.45, 2.75) is 69.7 Å². The first kappa shape index (κ1) is 29.3. The topological polar surface area (TPSA) is 145 Å². The van der Waals surface area contributed by atoms with Crippen molar-refractivity contribution < 1.29 is 32.2 Å². The summed E-state index contributed by atoms with van der Waals surface area (Å²) >= 11 is 0. The predicted octanol–water partition coefficient (Wildman–Crippen LogP) is 4.67. The van der Waals surface area contributed by atoms with E-state index in [9.17, 15) is 18.0 Å². The van der Waals surface area contributed by atoms with Gasteiger partial charge in [-0.15, -0.1) is 0 Å². The number of pyridine rings is 1. The highest BCUT2D eigenvalue weighted by Gasteiger charge is 2.26. The summed E-state index contributed by atoms with van der Waals surface area (Å²) in [6, 6.07) is 8.03. The minimum atomic E-state index is -3.81. The Balaban J connectivity index is 1.46. The standard InChI is InChI=1S/C25H33ClN4O7S/c1-24(2,3)36-23(32)30-17-12-20-21(28-13-17)35-18(14-27-20)15-29-22(31)37-25(4,5)10-9-16-7-6-8-19(11-16)38(26,33)34/h6-8,11-13,18,27H,9-10,14-15H2,1-5H3,(H,29,31)(H,30,32)/t18-/m1/s1. The molecule has 0 radical (unpaired) electrons. The van der Waals surface area contributed by atoms with Gasteiger partial charge in [0.25, 0.3) is 9.05 Å². The van der Waals surface area contributed by atoms with E-state index in [1.165, 1.54) is 18.3 Å². The average molecular weight is 569 g/mol. The molecule has 1 aliphatic rings. The summed E-state index contributed by atoms with van der Waals surface area (Å²) in [7, 11) is 1.60. The first-order valence-corrected chi connectivity index (χ1v) is 14.3. The number of amides is 2. The van der Waals surface area contributed by atoms with Crippen LogP contribution in [0.2, 0.25) is 0 Å². The van der Waals surface area contributed by atoms with E-state index in [4.69, 9.17) is 24.9 Å². The lowest BCUT2D eigenvalue weighted by Crippen LogP contribution is -2.43. The molecular weight excluding hydrogens is 536 g/mol. The van der Waals surface area contributed by atoms with Crippen LogP contribution in [0, 0.1) is 0 Å². The normalized spacial score (nSPS) is 15.4. The molecule has 0 spiro atoms. The van der Waals surface area contributed by atoms with Gasteiger partial charge in [0.1, 0.15) is 17.3 Å². The maximum absolute atomic E-state index is 12.4. The first-order chi connectivity index (χ1) is 17.6. The van der Waals surface area contributed by atoms with Crippen molar-refractivity contribution in [1.29, 1.82) is 0 Å². The second-order valence-corrected chi connectivity index (χ2v) is 13.0. The van der Waals surface area contributed by atoms with Gasteiger partial charge < -0.3 is 24.8 Å². The van der Waals surface area contributed by atoms with Crippen molar-refractivity contribution in [1.82, 2.24) is 10.3 Å². The number of rotatable bonds is 8. The number of ether oxygens (including phenoxy) is 3. The molecule has 3 N–H and O–H groups in total. The molecule has 1 atom stereocenters. The lowest BCUT2D eigenvalue weighted by Gasteiger charge is -2.28. The summed E-state index contributed by atoms with van der Waals surface area (Å²) in [4.78, 5) is 28.6. The highest BCUT2D eigenvalue weighted by molar-refractivity contribution is 8.13. The molecule has 0 saturated heterocycles. The Labute approximate surface area is 227 Å².